The van der Waals surface area contributed by atoms with Crippen LogP contribution in [0.2, 0.25) is 0 Å². The van der Waals surface area contributed by atoms with Gasteiger partial charge in [-0.1, -0.05) is 42.5 Å². The predicted octanol–water partition coefficient (Wildman–Crippen LogP) is 3.58. The largest absolute Gasteiger partial charge is 0.481 e. The van der Waals surface area contributed by atoms with E-state index in [1.165, 1.54) is 17.0 Å². The molecule has 2 aromatic rings. The third kappa shape index (κ3) is 7.22. The molecule has 0 heterocycles. The second kappa shape index (κ2) is 10.0. The van der Waals surface area contributed by atoms with Crippen molar-refractivity contribution in [3.05, 3.63) is 66.0 Å². The number of carbonyl (C=O) groups excluding carboxylic acids is 2. The Labute approximate surface area is 171 Å². The average Bonchev–Trinajstić information content (AvgIpc) is 2.66. The third-order valence-corrected chi connectivity index (χ3v) is 4.34. The summed E-state index contributed by atoms with van der Waals surface area (Å²) in [7, 11) is 0. The molecule has 0 fully saturated rings. The summed E-state index contributed by atoms with van der Waals surface area (Å²) >= 11 is 0. The standard InChI is InChI=1S/C23H29FN2O3/c1-17(22(28)25-23(2,3)4)26(15-14-18-10-6-5-7-11-18)21(27)16-29-20-13-9-8-12-19(20)24/h5-13,17H,14-16H2,1-4H3,(H,25,28)/t17-/m0/s1. The van der Waals surface area contributed by atoms with Crippen molar-refractivity contribution in [3.8, 4) is 5.75 Å². The highest BCUT2D eigenvalue weighted by Crippen LogP contribution is 2.16. The van der Waals surface area contributed by atoms with Crippen molar-refractivity contribution in [2.45, 2.75) is 45.7 Å². The number of benzene rings is 2. The van der Waals surface area contributed by atoms with Crippen molar-refractivity contribution < 1.29 is 18.7 Å². The zero-order valence-electron chi connectivity index (χ0n) is 17.4. The van der Waals surface area contributed by atoms with Gasteiger partial charge < -0.3 is 15.0 Å². The lowest BCUT2D eigenvalue weighted by molar-refractivity contribution is -0.142. The average molecular weight is 400 g/mol. The van der Waals surface area contributed by atoms with E-state index in [-0.39, 0.29) is 24.2 Å². The molecular weight excluding hydrogens is 371 g/mol. The Balaban J connectivity index is 2.10. The van der Waals surface area contributed by atoms with E-state index in [1.807, 2.05) is 51.1 Å². The maximum absolute atomic E-state index is 13.8. The molecule has 0 saturated heterocycles. The Bertz CT molecular complexity index is 818. The fraction of sp³-hybridized carbons (Fsp3) is 0.391. The lowest BCUT2D eigenvalue weighted by Crippen LogP contribution is -2.53. The van der Waals surface area contributed by atoms with Gasteiger partial charge in [0.2, 0.25) is 5.91 Å². The molecule has 6 heteroatoms. The zero-order valence-corrected chi connectivity index (χ0v) is 17.4. The first-order valence-corrected chi connectivity index (χ1v) is 9.70. The molecule has 0 unspecified atom stereocenters. The van der Waals surface area contributed by atoms with Gasteiger partial charge in [-0.25, -0.2) is 4.39 Å². The molecule has 0 saturated carbocycles. The number of para-hydroxylation sites is 1. The summed E-state index contributed by atoms with van der Waals surface area (Å²) in [6.45, 7) is 7.34. The maximum Gasteiger partial charge on any atom is 0.261 e. The highest BCUT2D eigenvalue weighted by atomic mass is 19.1. The van der Waals surface area contributed by atoms with E-state index >= 15 is 0 Å². The first-order chi connectivity index (χ1) is 13.7. The van der Waals surface area contributed by atoms with Gasteiger partial charge in [0.15, 0.2) is 18.2 Å². The molecule has 2 rings (SSSR count). The normalized spacial score (nSPS) is 12.2. The lowest BCUT2D eigenvalue weighted by atomic mass is 10.1. The molecule has 1 atom stereocenters. The highest BCUT2D eigenvalue weighted by Gasteiger charge is 2.28. The Kier molecular flexibility index (Phi) is 7.76. The van der Waals surface area contributed by atoms with Crippen LogP contribution in [-0.4, -0.2) is 41.4 Å². The molecular formula is C23H29FN2O3. The summed E-state index contributed by atoms with van der Waals surface area (Å²) in [6.07, 6.45) is 0.597. The van der Waals surface area contributed by atoms with Crippen LogP contribution >= 0.6 is 0 Å². The number of carbonyl (C=O) groups is 2. The summed E-state index contributed by atoms with van der Waals surface area (Å²) < 4.78 is 19.1. The van der Waals surface area contributed by atoms with Crippen LogP contribution in [0.1, 0.15) is 33.3 Å². The van der Waals surface area contributed by atoms with Crippen molar-refractivity contribution in [2.24, 2.45) is 0 Å². The zero-order chi connectivity index (χ0) is 21.4. The molecule has 1 N–H and O–H groups in total. The number of rotatable bonds is 8. The summed E-state index contributed by atoms with van der Waals surface area (Å²) in [5.41, 5.74) is 0.645. The van der Waals surface area contributed by atoms with Gasteiger partial charge in [-0.3, -0.25) is 9.59 Å². The van der Waals surface area contributed by atoms with E-state index < -0.39 is 17.4 Å². The van der Waals surface area contributed by atoms with Gasteiger partial charge in [-0.15, -0.1) is 0 Å². The number of hydrogen-bond acceptors (Lipinski definition) is 3. The first-order valence-electron chi connectivity index (χ1n) is 9.70. The quantitative estimate of drug-likeness (QED) is 0.737. The molecule has 0 radical (unpaired) electrons. The van der Waals surface area contributed by atoms with E-state index in [4.69, 9.17) is 4.74 Å². The molecule has 0 bridgehead atoms. The summed E-state index contributed by atoms with van der Waals surface area (Å²) in [4.78, 5) is 27.0. The van der Waals surface area contributed by atoms with Crippen LogP contribution in [-0.2, 0) is 16.0 Å². The fourth-order valence-corrected chi connectivity index (χ4v) is 2.83. The molecule has 0 aliphatic heterocycles. The summed E-state index contributed by atoms with van der Waals surface area (Å²) in [5, 5.41) is 2.90. The minimum absolute atomic E-state index is 0.00987. The number of amides is 2. The van der Waals surface area contributed by atoms with Crippen LogP contribution in [0.15, 0.2) is 54.6 Å². The predicted molar refractivity (Wildman–Crippen MR) is 111 cm³/mol. The number of nitrogens with zero attached hydrogens (tertiary/aromatic N) is 1. The molecule has 0 aliphatic rings. The molecule has 2 amide bonds. The van der Waals surface area contributed by atoms with Crippen LogP contribution < -0.4 is 10.1 Å². The van der Waals surface area contributed by atoms with E-state index in [0.717, 1.165) is 5.56 Å². The van der Waals surface area contributed by atoms with Gasteiger partial charge in [0.05, 0.1) is 0 Å². The number of nitrogens with one attached hydrogen (secondary N) is 1. The minimum Gasteiger partial charge on any atom is -0.481 e. The molecule has 2 aromatic carbocycles. The second-order valence-corrected chi connectivity index (χ2v) is 7.96. The Hall–Kier alpha value is -2.89. The van der Waals surface area contributed by atoms with Crippen LogP contribution in [0.25, 0.3) is 0 Å². The topological polar surface area (TPSA) is 58.6 Å². The molecule has 156 valence electrons. The lowest BCUT2D eigenvalue weighted by Gasteiger charge is -2.31. The van der Waals surface area contributed by atoms with Crippen LogP contribution in [0, 0.1) is 5.82 Å². The van der Waals surface area contributed by atoms with Gasteiger partial charge in [-0.05, 0) is 51.8 Å². The van der Waals surface area contributed by atoms with Crippen LogP contribution in [0.3, 0.4) is 0 Å². The number of ether oxygens (including phenoxy) is 1. The minimum atomic E-state index is -0.686. The van der Waals surface area contributed by atoms with Gasteiger partial charge in [-0.2, -0.15) is 0 Å². The van der Waals surface area contributed by atoms with E-state index in [0.29, 0.717) is 13.0 Å². The number of halogens is 1. The van der Waals surface area contributed by atoms with Gasteiger partial charge in [0.1, 0.15) is 6.04 Å². The first kappa shape index (κ1) is 22.4. The van der Waals surface area contributed by atoms with Crippen molar-refractivity contribution in [1.29, 1.82) is 0 Å². The molecule has 0 aliphatic carbocycles. The van der Waals surface area contributed by atoms with Crippen LogP contribution in [0.4, 0.5) is 4.39 Å². The van der Waals surface area contributed by atoms with E-state index in [9.17, 15) is 14.0 Å². The Morgan fingerprint density at radius 3 is 2.31 bits per heavy atom. The van der Waals surface area contributed by atoms with E-state index in [1.54, 1.807) is 19.1 Å². The fourth-order valence-electron chi connectivity index (χ4n) is 2.83. The smallest absolute Gasteiger partial charge is 0.261 e. The van der Waals surface area contributed by atoms with Crippen molar-refractivity contribution in [3.63, 3.8) is 0 Å². The van der Waals surface area contributed by atoms with Gasteiger partial charge in [0, 0.05) is 12.1 Å². The Morgan fingerprint density at radius 2 is 1.69 bits per heavy atom. The van der Waals surface area contributed by atoms with Crippen molar-refractivity contribution in [2.75, 3.05) is 13.2 Å². The maximum atomic E-state index is 13.8. The summed E-state index contributed by atoms with van der Waals surface area (Å²) in [5.74, 6) is -1.14. The highest BCUT2D eigenvalue weighted by molar-refractivity contribution is 5.88. The number of hydrogen-bond donors (Lipinski definition) is 1. The molecule has 0 spiro atoms. The summed E-state index contributed by atoms with van der Waals surface area (Å²) in [6, 6.07) is 15.0. The van der Waals surface area contributed by atoms with Crippen molar-refractivity contribution >= 4 is 11.8 Å². The Morgan fingerprint density at radius 1 is 1.07 bits per heavy atom. The SMILES string of the molecule is C[C@@H](C(=O)NC(C)(C)C)N(CCc1ccccc1)C(=O)COc1ccccc1F. The monoisotopic (exact) mass is 400 g/mol. The third-order valence-electron chi connectivity index (χ3n) is 4.34. The molecule has 29 heavy (non-hydrogen) atoms. The van der Waals surface area contributed by atoms with Gasteiger partial charge >= 0.3 is 0 Å². The molecule has 5 nitrogen and oxygen atoms in total. The van der Waals surface area contributed by atoms with Gasteiger partial charge in [0.25, 0.3) is 5.91 Å². The van der Waals surface area contributed by atoms with Crippen LogP contribution in [0.5, 0.6) is 5.75 Å². The molecule has 0 aromatic heterocycles. The van der Waals surface area contributed by atoms with Crippen molar-refractivity contribution in [1.82, 2.24) is 10.2 Å². The van der Waals surface area contributed by atoms with E-state index in [2.05, 4.69) is 5.32 Å². The second-order valence-electron chi connectivity index (χ2n) is 7.96.